The zero-order valence-electron chi connectivity index (χ0n) is 18.6. The van der Waals surface area contributed by atoms with Crippen molar-refractivity contribution in [3.05, 3.63) is 68.8 Å². The summed E-state index contributed by atoms with van der Waals surface area (Å²) in [6, 6.07) is 10.5. The van der Waals surface area contributed by atoms with Gasteiger partial charge in [0.2, 0.25) is 0 Å². The van der Waals surface area contributed by atoms with E-state index in [0.29, 0.717) is 0 Å². The van der Waals surface area contributed by atoms with Crippen LogP contribution in [0.5, 0.6) is 0 Å². The fourth-order valence-corrected chi connectivity index (χ4v) is 11.2. The van der Waals surface area contributed by atoms with Crippen LogP contribution in [0.25, 0.3) is 5.20 Å². The Morgan fingerprint density at radius 1 is 0.815 bits per heavy atom. The second-order valence-corrected chi connectivity index (χ2v) is 13.1. The Kier molecular flexibility index (Phi) is 5.54. The first-order valence-corrected chi connectivity index (χ1v) is 13.3. The van der Waals surface area contributed by atoms with Crippen molar-refractivity contribution in [2.75, 3.05) is 0 Å². The van der Waals surface area contributed by atoms with E-state index >= 15 is 0 Å². The third kappa shape index (κ3) is 3.14. The highest BCUT2D eigenvalue weighted by Gasteiger charge is 2.41. The summed E-state index contributed by atoms with van der Waals surface area (Å²) in [7, 11) is -1.82. The molecule has 0 aliphatic heterocycles. The van der Waals surface area contributed by atoms with Gasteiger partial charge in [-0.15, -0.1) is 0 Å². The molecule has 0 fully saturated rings. The summed E-state index contributed by atoms with van der Waals surface area (Å²) in [6.45, 7) is 19.1. The van der Waals surface area contributed by atoms with Crippen LogP contribution in [0.1, 0.15) is 65.6 Å². The lowest BCUT2D eigenvalue weighted by atomic mass is 9.95. The molecule has 3 rings (SSSR count). The molecule has 0 spiro atoms. The first-order chi connectivity index (χ1) is 12.7. The van der Waals surface area contributed by atoms with Crippen molar-refractivity contribution < 1.29 is 0 Å². The molecule has 0 saturated carbocycles. The van der Waals surface area contributed by atoms with Gasteiger partial charge in [0.05, 0.1) is 0 Å². The smallest absolute Gasteiger partial charge is 0.0686 e. The van der Waals surface area contributed by atoms with Crippen LogP contribution in [-0.4, -0.2) is 8.07 Å². The van der Waals surface area contributed by atoms with Crippen molar-refractivity contribution in [3.63, 3.8) is 0 Å². The van der Waals surface area contributed by atoms with E-state index in [1.54, 1.807) is 32.6 Å². The molecule has 0 radical (unpaired) electrons. The van der Waals surface area contributed by atoms with E-state index in [-0.39, 0.29) is 0 Å². The van der Waals surface area contributed by atoms with Crippen LogP contribution < -0.4 is 5.19 Å². The lowest BCUT2D eigenvalue weighted by Crippen LogP contribution is -2.50. The molecule has 1 unspecified atom stereocenters. The summed E-state index contributed by atoms with van der Waals surface area (Å²) in [6.07, 6.45) is 3.74. The maximum absolute atomic E-state index is 2.66. The number of rotatable bonds is 5. The molecular weight excluding hydrogens is 340 g/mol. The fraction of sp³-hybridized carbons (Fsp3) is 0.462. The Labute approximate surface area is 167 Å². The lowest BCUT2D eigenvalue weighted by molar-refractivity contribution is 0.872. The minimum atomic E-state index is -1.82. The number of fused-ring (bicyclic) bond motifs is 1. The second kappa shape index (κ2) is 7.43. The van der Waals surface area contributed by atoms with Crippen molar-refractivity contribution in [2.24, 2.45) is 0 Å². The average Bonchev–Trinajstić information content (AvgIpc) is 2.99. The normalized spacial score (nSPS) is 15.9. The molecule has 0 heterocycles. The molecule has 0 N–H and O–H groups in total. The lowest BCUT2D eigenvalue weighted by Gasteiger charge is -2.36. The summed E-state index contributed by atoms with van der Waals surface area (Å²) in [4.78, 5) is 0. The van der Waals surface area contributed by atoms with Gasteiger partial charge in [0, 0.05) is 0 Å². The molecular formula is C26H36Si. The van der Waals surface area contributed by atoms with E-state index in [4.69, 9.17) is 0 Å². The highest BCUT2D eigenvalue weighted by atomic mass is 28.3. The van der Waals surface area contributed by atoms with Crippen LogP contribution in [0.2, 0.25) is 12.6 Å². The molecule has 0 bridgehead atoms. The molecule has 1 atom stereocenters. The van der Waals surface area contributed by atoms with E-state index in [9.17, 15) is 0 Å². The van der Waals surface area contributed by atoms with Gasteiger partial charge in [-0.3, -0.25) is 0 Å². The maximum atomic E-state index is 2.66. The predicted molar refractivity (Wildman–Crippen MR) is 124 cm³/mol. The molecule has 0 amide bonds. The van der Waals surface area contributed by atoms with Crippen LogP contribution in [0.15, 0.2) is 29.8 Å². The standard InChI is InChI=1S/C26H36Si/c1-9-10-15-27(8,25-17(2)16-23-13-11-12-14-24(23)25)26-21(6)19(4)18(3)20(5)22(26)7/h11-14H,9-10,15-16H2,1-8H3. The highest BCUT2D eigenvalue weighted by molar-refractivity contribution is 7.06. The first kappa shape index (κ1) is 20.1. The van der Waals surface area contributed by atoms with Gasteiger partial charge in [-0.2, -0.15) is 0 Å². The van der Waals surface area contributed by atoms with Gasteiger partial charge in [0.15, 0.2) is 0 Å². The molecule has 1 aliphatic carbocycles. The fourth-order valence-electron chi connectivity index (χ4n) is 5.52. The molecule has 0 saturated heterocycles. The Balaban J connectivity index is 2.33. The Morgan fingerprint density at radius 2 is 1.37 bits per heavy atom. The summed E-state index contributed by atoms with van der Waals surface area (Å²) in [5.41, 5.74) is 12.3. The topological polar surface area (TPSA) is 0 Å². The number of unbranched alkanes of at least 4 members (excludes halogenated alkanes) is 1. The molecule has 27 heavy (non-hydrogen) atoms. The van der Waals surface area contributed by atoms with Gasteiger partial charge in [-0.1, -0.05) is 56.2 Å². The van der Waals surface area contributed by atoms with Gasteiger partial charge in [-0.05, 0) is 103 Å². The van der Waals surface area contributed by atoms with E-state index in [1.807, 2.05) is 0 Å². The van der Waals surface area contributed by atoms with E-state index in [2.05, 4.69) is 79.3 Å². The molecule has 1 heteroatoms. The van der Waals surface area contributed by atoms with Crippen LogP contribution in [0.4, 0.5) is 0 Å². The van der Waals surface area contributed by atoms with E-state index < -0.39 is 8.07 Å². The SMILES string of the molecule is CCCC[Si](C)(C1=C(C)Cc2ccccc21)c1c(C)c(C)c(C)c(C)c1C. The van der Waals surface area contributed by atoms with Crippen LogP contribution in [-0.2, 0) is 6.42 Å². The number of benzene rings is 2. The van der Waals surface area contributed by atoms with Gasteiger partial charge in [0.1, 0.15) is 8.07 Å². The number of hydrogen-bond donors (Lipinski definition) is 0. The van der Waals surface area contributed by atoms with Crippen molar-refractivity contribution in [1.82, 2.24) is 0 Å². The first-order valence-electron chi connectivity index (χ1n) is 10.6. The molecule has 2 aromatic rings. The van der Waals surface area contributed by atoms with Gasteiger partial charge >= 0.3 is 0 Å². The van der Waals surface area contributed by atoms with Crippen LogP contribution in [0.3, 0.4) is 0 Å². The van der Waals surface area contributed by atoms with Gasteiger partial charge in [-0.25, -0.2) is 0 Å². The predicted octanol–water partition coefficient (Wildman–Crippen LogP) is 6.88. The average molecular weight is 377 g/mol. The highest BCUT2D eigenvalue weighted by Crippen LogP contribution is 2.42. The monoisotopic (exact) mass is 376 g/mol. The molecule has 144 valence electrons. The largest absolute Gasteiger partial charge is 0.116 e. The Bertz CT molecular complexity index is 887. The van der Waals surface area contributed by atoms with Crippen molar-refractivity contribution in [3.8, 4) is 0 Å². The van der Waals surface area contributed by atoms with Gasteiger partial charge < -0.3 is 0 Å². The second-order valence-electron chi connectivity index (χ2n) is 8.92. The third-order valence-electron chi connectivity index (χ3n) is 7.30. The van der Waals surface area contributed by atoms with Gasteiger partial charge in [0.25, 0.3) is 0 Å². The van der Waals surface area contributed by atoms with E-state index in [0.717, 1.165) is 6.42 Å². The summed E-state index contributed by atoms with van der Waals surface area (Å²) in [5.74, 6) is 0. The van der Waals surface area contributed by atoms with E-state index in [1.165, 1.54) is 41.1 Å². The summed E-state index contributed by atoms with van der Waals surface area (Å²) in [5, 5.41) is 3.46. The zero-order valence-corrected chi connectivity index (χ0v) is 19.6. The van der Waals surface area contributed by atoms with Crippen LogP contribution in [0, 0.1) is 34.6 Å². The van der Waals surface area contributed by atoms with Crippen LogP contribution >= 0.6 is 0 Å². The summed E-state index contributed by atoms with van der Waals surface area (Å²) >= 11 is 0. The van der Waals surface area contributed by atoms with Crippen molar-refractivity contribution in [2.45, 2.75) is 80.3 Å². The minimum Gasteiger partial charge on any atom is -0.0686 e. The third-order valence-corrected chi connectivity index (χ3v) is 12.3. The minimum absolute atomic E-state index is 1.14. The Morgan fingerprint density at radius 3 is 1.96 bits per heavy atom. The van der Waals surface area contributed by atoms with Crippen molar-refractivity contribution >= 4 is 18.5 Å². The summed E-state index contributed by atoms with van der Waals surface area (Å²) < 4.78 is 0. The molecule has 1 aliphatic rings. The Hall–Kier alpha value is -1.60. The number of allylic oxidation sites excluding steroid dienone is 1. The number of hydrogen-bond acceptors (Lipinski definition) is 0. The zero-order chi connectivity index (χ0) is 19.9. The molecule has 0 nitrogen and oxygen atoms in total. The van der Waals surface area contributed by atoms with Crippen molar-refractivity contribution in [1.29, 1.82) is 0 Å². The quantitative estimate of drug-likeness (QED) is 0.499. The molecule has 2 aromatic carbocycles. The molecule has 0 aromatic heterocycles. The maximum Gasteiger partial charge on any atom is 0.116 e.